The summed E-state index contributed by atoms with van der Waals surface area (Å²) in [6.07, 6.45) is 5.49. The van der Waals surface area contributed by atoms with Gasteiger partial charge in [0.2, 0.25) is 0 Å². The van der Waals surface area contributed by atoms with Crippen LogP contribution in [-0.4, -0.2) is 56.3 Å². The van der Waals surface area contributed by atoms with Gasteiger partial charge in [0.1, 0.15) is 0 Å². The van der Waals surface area contributed by atoms with Crippen molar-refractivity contribution in [2.24, 2.45) is 4.99 Å². The monoisotopic (exact) mass is 234 g/mol. The van der Waals surface area contributed by atoms with Crippen molar-refractivity contribution >= 4 is 12.0 Å². The Morgan fingerprint density at radius 1 is 1.47 bits per heavy atom. The van der Waals surface area contributed by atoms with Crippen LogP contribution in [0.5, 0.6) is 0 Å². The van der Waals surface area contributed by atoms with Crippen molar-refractivity contribution in [3.05, 3.63) is 23.3 Å². The molecule has 0 aromatic carbocycles. The number of rotatable bonds is 3. The van der Waals surface area contributed by atoms with Crippen LogP contribution in [0, 0.1) is 0 Å². The van der Waals surface area contributed by atoms with E-state index in [1.807, 2.05) is 6.08 Å². The van der Waals surface area contributed by atoms with E-state index in [2.05, 4.69) is 9.89 Å². The zero-order valence-corrected chi connectivity index (χ0v) is 10.2. The molecule has 0 aromatic heterocycles. The first kappa shape index (κ1) is 12.2. The Kier molecular flexibility index (Phi) is 4.23. The Labute approximate surface area is 102 Å². The van der Waals surface area contributed by atoms with E-state index < -0.39 is 0 Å². The quantitative estimate of drug-likeness (QED) is 0.727. The number of allylic oxidation sites excluding steroid dienone is 3. The minimum atomic E-state index is 0.0952. The van der Waals surface area contributed by atoms with Gasteiger partial charge in [0, 0.05) is 31.4 Å². The van der Waals surface area contributed by atoms with Gasteiger partial charge in [-0.25, -0.2) is 0 Å². The lowest BCUT2D eigenvalue weighted by atomic mass is 10.1. The number of carbonyl (C=O) groups is 1. The Hall–Kier alpha value is -1.26. The van der Waals surface area contributed by atoms with E-state index in [0.717, 1.165) is 38.4 Å². The second-order valence-corrected chi connectivity index (χ2v) is 4.36. The Morgan fingerprint density at radius 2 is 2.24 bits per heavy atom. The number of ketones is 1. The number of hydrogen-bond acceptors (Lipinski definition) is 4. The van der Waals surface area contributed by atoms with Gasteiger partial charge in [-0.15, -0.1) is 0 Å². The van der Waals surface area contributed by atoms with E-state index in [1.54, 1.807) is 19.2 Å². The van der Waals surface area contributed by atoms with E-state index in [-0.39, 0.29) is 5.78 Å². The normalized spacial score (nSPS) is 21.7. The van der Waals surface area contributed by atoms with Crippen LogP contribution in [0.4, 0.5) is 0 Å². The van der Waals surface area contributed by atoms with Crippen molar-refractivity contribution < 1.29 is 9.53 Å². The summed E-state index contributed by atoms with van der Waals surface area (Å²) in [4.78, 5) is 18.0. The molecule has 0 amide bonds. The number of hydrogen-bond donors (Lipinski definition) is 0. The lowest BCUT2D eigenvalue weighted by Crippen LogP contribution is -2.37. The zero-order valence-electron chi connectivity index (χ0n) is 10.2. The molecule has 0 N–H and O–H groups in total. The van der Waals surface area contributed by atoms with E-state index in [1.165, 1.54) is 5.57 Å². The predicted molar refractivity (Wildman–Crippen MR) is 67.5 cm³/mol. The standard InChI is InChI=1S/C13H18N2O2/c1-11(16)13-2-3-14-9-12(8-13)10-15-4-6-17-7-5-15/h2-3,8H,4-7,9-10H2,1H3. The molecule has 0 aliphatic carbocycles. The second-order valence-electron chi connectivity index (χ2n) is 4.36. The van der Waals surface area contributed by atoms with Gasteiger partial charge in [-0.1, -0.05) is 0 Å². The summed E-state index contributed by atoms with van der Waals surface area (Å²) < 4.78 is 5.32. The number of aliphatic imine (C=N–C) groups is 1. The average molecular weight is 234 g/mol. The van der Waals surface area contributed by atoms with Gasteiger partial charge in [0.05, 0.1) is 19.8 Å². The van der Waals surface area contributed by atoms with Crippen molar-refractivity contribution in [1.82, 2.24) is 4.90 Å². The Balaban J connectivity index is 2.01. The summed E-state index contributed by atoms with van der Waals surface area (Å²) in [6, 6.07) is 0. The molecule has 92 valence electrons. The average Bonchev–Trinajstić information content (AvgIpc) is 2.56. The summed E-state index contributed by atoms with van der Waals surface area (Å²) in [6.45, 7) is 6.67. The predicted octanol–water partition coefficient (Wildman–Crippen LogP) is 0.845. The molecule has 4 heteroatoms. The first-order valence-corrected chi connectivity index (χ1v) is 5.96. The van der Waals surface area contributed by atoms with Gasteiger partial charge in [-0.3, -0.25) is 14.7 Å². The Bertz CT molecular complexity index is 377. The molecule has 1 fully saturated rings. The molecule has 0 aromatic rings. The minimum Gasteiger partial charge on any atom is -0.379 e. The number of carbonyl (C=O) groups excluding carboxylic acids is 1. The molecule has 0 radical (unpaired) electrons. The van der Waals surface area contributed by atoms with Crippen LogP contribution >= 0.6 is 0 Å². The van der Waals surface area contributed by atoms with Crippen LogP contribution in [-0.2, 0) is 9.53 Å². The molecule has 0 unspecified atom stereocenters. The highest BCUT2D eigenvalue weighted by molar-refractivity contribution is 6.00. The van der Waals surface area contributed by atoms with Crippen LogP contribution in [0.2, 0.25) is 0 Å². The molecule has 2 rings (SSSR count). The highest BCUT2D eigenvalue weighted by Gasteiger charge is 2.13. The van der Waals surface area contributed by atoms with Gasteiger partial charge >= 0.3 is 0 Å². The summed E-state index contributed by atoms with van der Waals surface area (Å²) >= 11 is 0. The maximum absolute atomic E-state index is 11.4. The van der Waals surface area contributed by atoms with Crippen molar-refractivity contribution in [2.75, 3.05) is 39.4 Å². The number of morpholine rings is 1. The summed E-state index contributed by atoms with van der Waals surface area (Å²) in [5, 5.41) is 0. The second kappa shape index (κ2) is 5.89. The summed E-state index contributed by atoms with van der Waals surface area (Å²) in [5.74, 6) is 0.0952. The van der Waals surface area contributed by atoms with Crippen molar-refractivity contribution in [1.29, 1.82) is 0 Å². The molecular weight excluding hydrogens is 216 g/mol. The largest absolute Gasteiger partial charge is 0.379 e. The molecule has 2 heterocycles. The topological polar surface area (TPSA) is 41.9 Å². The SMILES string of the molecule is CC(=O)C1=CC=NCC(CN2CCOCC2)=C1. The third-order valence-corrected chi connectivity index (χ3v) is 2.95. The third kappa shape index (κ3) is 3.61. The van der Waals surface area contributed by atoms with Crippen molar-refractivity contribution in [3.8, 4) is 0 Å². The van der Waals surface area contributed by atoms with Crippen LogP contribution in [0.25, 0.3) is 0 Å². The minimum absolute atomic E-state index is 0.0952. The van der Waals surface area contributed by atoms with Crippen LogP contribution in [0.3, 0.4) is 0 Å². The number of nitrogens with zero attached hydrogens (tertiary/aromatic N) is 2. The van der Waals surface area contributed by atoms with Gasteiger partial charge < -0.3 is 4.74 Å². The fourth-order valence-corrected chi connectivity index (χ4v) is 1.98. The molecule has 0 spiro atoms. The van der Waals surface area contributed by atoms with Crippen molar-refractivity contribution in [3.63, 3.8) is 0 Å². The first-order chi connectivity index (χ1) is 8.25. The van der Waals surface area contributed by atoms with Gasteiger partial charge in [0.15, 0.2) is 5.78 Å². The van der Waals surface area contributed by atoms with E-state index in [9.17, 15) is 4.79 Å². The molecule has 0 bridgehead atoms. The maximum atomic E-state index is 11.4. The van der Waals surface area contributed by atoms with E-state index in [0.29, 0.717) is 6.54 Å². The zero-order chi connectivity index (χ0) is 12.1. The van der Waals surface area contributed by atoms with Gasteiger partial charge in [-0.05, 0) is 24.6 Å². The molecule has 0 atom stereocenters. The molecule has 2 aliphatic rings. The maximum Gasteiger partial charge on any atom is 0.159 e. The number of ether oxygens (including phenoxy) is 1. The van der Waals surface area contributed by atoms with Gasteiger partial charge in [-0.2, -0.15) is 0 Å². The fourth-order valence-electron chi connectivity index (χ4n) is 1.98. The Morgan fingerprint density at radius 3 is 2.94 bits per heavy atom. The van der Waals surface area contributed by atoms with Crippen LogP contribution in [0.1, 0.15) is 6.92 Å². The summed E-state index contributed by atoms with van der Waals surface area (Å²) in [5.41, 5.74) is 1.94. The highest BCUT2D eigenvalue weighted by atomic mass is 16.5. The smallest absolute Gasteiger partial charge is 0.159 e. The van der Waals surface area contributed by atoms with E-state index in [4.69, 9.17) is 4.74 Å². The molecule has 4 nitrogen and oxygen atoms in total. The van der Waals surface area contributed by atoms with Crippen molar-refractivity contribution in [2.45, 2.75) is 6.92 Å². The molecular formula is C13H18N2O2. The fraction of sp³-hybridized carbons (Fsp3) is 0.538. The lowest BCUT2D eigenvalue weighted by Gasteiger charge is -2.27. The molecule has 1 saturated heterocycles. The summed E-state index contributed by atoms with van der Waals surface area (Å²) in [7, 11) is 0. The van der Waals surface area contributed by atoms with Gasteiger partial charge in [0.25, 0.3) is 0 Å². The number of Topliss-reactive ketones (excluding diaryl/α,β-unsaturated/α-hetero) is 1. The molecule has 0 saturated carbocycles. The van der Waals surface area contributed by atoms with E-state index >= 15 is 0 Å². The lowest BCUT2D eigenvalue weighted by molar-refractivity contribution is -0.113. The van der Waals surface area contributed by atoms with Crippen LogP contribution < -0.4 is 0 Å². The molecule has 17 heavy (non-hydrogen) atoms. The van der Waals surface area contributed by atoms with Crippen LogP contribution in [0.15, 0.2) is 28.3 Å². The third-order valence-electron chi connectivity index (χ3n) is 2.95. The highest BCUT2D eigenvalue weighted by Crippen LogP contribution is 2.10. The molecule has 2 aliphatic heterocycles. The first-order valence-electron chi connectivity index (χ1n) is 5.96.